The first-order valence-electron chi connectivity index (χ1n) is 28.3. The van der Waals surface area contributed by atoms with Gasteiger partial charge < -0.3 is 29.7 Å². The van der Waals surface area contributed by atoms with Crippen LogP contribution in [0.4, 0.5) is 17.1 Å². The minimum Gasteiger partial charge on any atom is -0.455 e. The fourth-order valence-corrected chi connectivity index (χ4v) is 14.1. The summed E-state index contributed by atoms with van der Waals surface area (Å²) in [5.74, 6) is -1.15. The number of nitro groups is 1. The molecule has 0 spiro atoms. The van der Waals surface area contributed by atoms with Gasteiger partial charge in [-0.05, 0) is 127 Å². The lowest BCUT2D eigenvalue weighted by atomic mass is 9.72. The van der Waals surface area contributed by atoms with E-state index in [0.717, 1.165) is 66.5 Å². The summed E-state index contributed by atoms with van der Waals surface area (Å²) in [6.07, 6.45) is 8.35. The van der Waals surface area contributed by atoms with Crippen LogP contribution < -0.4 is 25.0 Å². The minimum absolute atomic E-state index is 0.0165. The fourth-order valence-electron chi connectivity index (χ4n) is 11.9. The molecule has 0 bridgehead atoms. The Morgan fingerprint density at radius 2 is 1.71 bits per heavy atom. The molecule has 1 unspecified atom stereocenters. The third kappa shape index (κ3) is 13.0. The van der Waals surface area contributed by atoms with Gasteiger partial charge in [0.1, 0.15) is 28.9 Å². The number of aromatic amines is 1. The van der Waals surface area contributed by atoms with Gasteiger partial charge in [-0.2, -0.15) is 0 Å². The summed E-state index contributed by atoms with van der Waals surface area (Å²) in [6, 6.07) is 24.9. The zero-order valence-electron chi connectivity index (χ0n) is 46.7. The average Bonchev–Trinajstić information content (AvgIpc) is 3.47. The molecule has 0 saturated carbocycles. The summed E-state index contributed by atoms with van der Waals surface area (Å²) >= 11 is 7.74. The number of hydrogen-bond acceptors (Lipinski definition) is 15. The number of imide groups is 1. The average molecular weight is 1200 g/mol. The van der Waals surface area contributed by atoms with Gasteiger partial charge >= 0.3 is 0 Å². The fraction of sp³-hybridized carbons (Fsp3) is 0.377. The molecule has 4 N–H and O–H groups in total. The number of sulfonamides is 1. The van der Waals surface area contributed by atoms with Crippen LogP contribution in [0, 0.1) is 21.4 Å². The molecule has 4 aliphatic heterocycles. The topological polar surface area (TPSA) is 250 Å². The predicted molar refractivity (Wildman–Crippen MR) is 321 cm³/mol. The molecule has 6 aromatic rings. The number of thioether (sulfide) groups is 1. The van der Waals surface area contributed by atoms with E-state index in [1.807, 2.05) is 24.3 Å². The van der Waals surface area contributed by atoms with Gasteiger partial charge in [0.05, 0.1) is 21.6 Å². The number of nitrogens with one attached hydrogen (secondary N) is 4. The van der Waals surface area contributed by atoms with Crippen molar-refractivity contribution in [2.75, 3.05) is 68.3 Å². The van der Waals surface area contributed by atoms with Crippen molar-refractivity contribution in [2.45, 2.75) is 87.6 Å². The van der Waals surface area contributed by atoms with Crippen molar-refractivity contribution in [1.29, 1.82) is 0 Å². The SMILES string of the molecule is CC1(C)CCC(CN2CCN(c3ccc(C(=O)NS(=O)(=O)c4ccc(NCC5CCN(C(=O)CCSc6cccc7c6CN(C6CCC(=O)NC6=O)C7=O)CC5)c([N+](=O)[O-])c4)c(Oc4cnc5[nH]ccc5c4)c3)CC2)=C(c2ccc(Cl)cc2)C1. The number of pyridine rings is 1. The number of hydrogen-bond donors (Lipinski definition) is 4. The van der Waals surface area contributed by atoms with E-state index in [1.165, 1.54) is 57.8 Å². The zero-order valence-corrected chi connectivity index (χ0v) is 49.0. The van der Waals surface area contributed by atoms with E-state index in [-0.39, 0.29) is 71.9 Å². The Kier molecular flexibility index (Phi) is 16.9. The van der Waals surface area contributed by atoms with Crippen molar-refractivity contribution in [3.63, 3.8) is 0 Å². The maximum Gasteiger partial charge on any atom is 0.293 e. The van der Waals surface area contributed by atoms with Gasteiger partial charge in [-0.1, -0.05) is 49.2 Å². The van der Waals surface area contributed by atoms with E-state index in [2.05, 4.69) is 61.1 Å². The van der Waals surface area contributed by atoms with E-state index in [0.29, 0.717) is 73.3 Å². The molecule has 3 fully saturated rings. The van der Waals surface area contributed by atoms with Crippen LogP contribution in [-0.2, 0) is 31.0 Å². The highest BCUT2D eigenvalue weighted by molar-refractivity contribution is 7.99. The van der Waals surface area contributed by atoms with Gasteiger partial charge in [-0.15, -0.1) is 11.8 Å². The second-order valence-corrected chi connectivity index (χ2v) is 26.2. The smallest absolute Gasteiger partial charge is 0.293 e. The largest absolute Gasteiger partial charge is 0.455 e. The molecule has 3 saturated heterocycles. The third-order valence-corrected chi connectivity index (χ3v) is 19.4. The Hall–Kier alpha value is -7.79. The van der Waals surface area contributed by atoms with Crippen LogP contribution in [0.2, 0.25) is 5.02 Å². The Bertz CT molecular complexity index is 3730. The molecule has 5 aliphatic rings. The normalized spacial score (nSPS) is 18.7. The van der Waals surface area contributed by atoms with Crippen LogP contribution in [0.1, 0.15) is 97.1 Å². The number of amides is 5. The molecule has 5 amide bonds. The van der Waals surface area contributed by atoms with Crippen LogP contribution in [0.25, 0.3) is 16.6 Å². The molecule has 20 nitrogen and oxygen atoms in total. The highest BCUT2D eigenvalue weighted by Crippen LogP contribution is 2.44. The quantitative estimate of drug-likeness (QED) is 0.0271. The van der Waals surface area contributed by atoms with E-state index in [1.54, 1.807) is 41.4 Å². The lowest BCUT2D eigenvalue weighted by Crippen LogP contribution is -2.52. The number of carbonyl (C=O) groups is 5. The number of benzene rings is 4. The van der Waals surface area contributed by atoms with Crippen LogP contribution in [0.15, 0.2) is 119 Å². The molecule has 11 rings (SSSR count). The number of nitrogens with zero attached hydrogens (tertiary/aromatic N) is 6. The summed E-state index contributed by atoms with van der Waals surface area (Å²) in [5.41, 5.74) is 6.52. The Morgan fingerprint density at radius 1 is 0.929 bits per heavy atom. The standard InChI is InChI=1S/C61H65ClN10O10S2/c1-61(2)21-16-41(48(33-61)39-6-8-42(62)9-7-39)36-68-25-27-69(28-26-68)43-10-12-47(53(31-43)82-44-30-40-17-22-63-57(40)65-35-44)58(75)67-84(80,81)45-11-13-50(52(32-45)72(78)79)64-34-38-18-23-70(24-19-38)56(74)20-29-83-54-5-3-4-46-49(54)37-71(60(46)77)51-14-15-55(73)66-59(51)76/h3-13,17,22,30-32,35,38,51,64H,14-16,18-21,23-29,33-34,36-37H2,1-2H3,(H,63,65)(H,67,75)(H,66,73,76). The number of ether oxygens (including phenoxy) is 1. The number of H-pyrrole nitrogens is 1. The summed E-state index contributed by atoms with van der Waals surface area (Å²) in [6.45, 7) is 10.0. The summed E-state index contributed by atoms with van der Waals surface area (Å²) in [7, 11) is -4.66. The van der Waals surface area contributed by atoms with Gasteiger partial charge in [-0.25, -0.2) is 18.1 Å². The van der Waals surface area contributed by atoms with Crippen LogP contribution in [-0.4, -0.2) is 132 Å². The first kappa shape index (κ1) is 58.0. The molecular formula is C61H65ClN10O10S2. The van der Waals surface area contributed by atoms with E-state index in [4.69, 9.17) is 16.3 Å². The van der Waals surface area contributed by atoms with Gasteiger partial charge in [-0.3, -0.25) is 44.3 Å². The van der Waals surface area contributed by atoms with E-state index >= 15 is 0 Å². The Morgan fingerprint density at radius 3 is 2.48 bits per heavy atom. The number of anilines is 2. The van der Waals surface area contributed by atoms with Crippen molar-refractivity contribution in [3.8, 4) is 11.5 Å². The van der Waals surface area contributed by atoms with Crippen LogP contribution in [0.5, 0.6) is 11.5 Å². The lowest BCUT2D eigenvalue weighted by molar-refractivity contribution is -0.384. The molecular weight excluding hydrogens is 1130 g/mol. The molecule has 0 radical (unpaired) electrons. The number of carbonyl (C=O) groups excluding carboxylic acids is 5. The molecule has 1 atom stereocenters. The van der Waals surface area contributed by atoms with Crippen molar-refractivity contribution in [2.24, 2.45) is 11.3 Å². The maximum atomic E-state index is 14.2. The van der Waals surface area contributed by atoms with Crippen molar-refractivity contribution in [1.82, 2.24) is 34.7 Å². The van der Waals surface area contributed by atoms with Crippen molar-refractivity contribution >= 4 is 96.6 Å². The predicted octanol–water partition coefficient (Wildman–Crippen LogP) is 9.42. The van der Waals surface area contributed by atoms with Gasteiger partial charge in [0.25, 0.3) is 27.5 Å². The summed E-state index contributed by atoms with van der Waals surface area (Å²) in [5, 5.41) is 19.4. The molecule has 6 heterocycles. The number of fused-ring (bicyclic) bond motifs is 2. The summed E-state index contributed by atoms with van der Waals surface area (Å²) < 4.78 is 36.4. The second kappa shape index (κ2) is 24.4. The summed E-state index contributed by atoms with van der Waals surface area (Å²) in [4.78, 5) is 92.7. The number of halogens is 1. The maximum absolute atomic E-state index is 14.2. The van der Waals surface area contributed by atoms with Gasteiger partial charge in [0.2, 0.25) is 17.7 Å². The highest BCUT2D eigenvalue weighted by atomic mass is 35.5. The number of piperazine rings is 1. The molecule has 84 heavy (non-hydrogen) atoms. The molecule has 438 valence electrons. The second-order valence-electron chi connectivity index (χ2n) is 22.9. The molecule has 2 aromatic heterocycles. The van der Waals surface area contributed by atoms with E-state index in [9.17, 15) is 42.5 Å². The third-order valence-electron chi connectivity index (χ3n) is 16.7. The van der Waals surface area contributed by atoms with Gasteiger partial charge in [0.15, 0.2) is 0 Å². The lowest BCUT2D eigenvalue weighted by Gasteiger charge is -2.39. The van der Waals surface area contributed by atoms with Gasteiger partial charge in [0, 0.05) is 122 Å². The number of aromatic nitrogens is 2. The van der Waals surface area contributed by atoms with E-state index < -0.39 is 43.4 Å². The van der Waals surface area contributed by atoms with Crippen LogP contribution in [0.3, 0.4) is 0 Å². The van der Waals surface area contributed by atoms with Crippen molar-refractivity contribution in [3.05, 3.63) is 146 Å². The van der Waals surface area contributed by atoms with Crippen LogP contribution >= 0.6 is 23.4 Å². The monoisotopic (exact) mass is 1200 g/mol. The molecule has 23 heteroatoms. The number of rotatable bonds is 18. The number of piperidine rings is 2. The Labute approximate surface area is 495 Å². The minimum atomic E-state index is -4.66. The molecule has 1 aliphatic carbocycles. The van der Waals surface area contributed by atoms with Crippen molar-refractivity contribution < 1.29 is 42.1 Å². The highest BCUT2D eigenvalue weighted by Gasteiger charge is 2.40. The first-order valence-corrected chi connectivity index (χ1v) is 31.2. The zero-order chi connectivity index (χ0) is 58.9. The molecule has 4 aromatic carbocycles. The number of allylic oxidation sites excluding steroid dienone is 1. The number of nitro benzene ring substituents is 1. The first-order chi connectivity index (χ1) is 40.3. The Balaban J connectivity index is 0.699. The number of likely N-dealkylation sites (tertiary alicyclic amines) is 1.